The Hall–Kier alpha value is -3.42. The van der Waals surface area contributed by atoms with E-state index in [2.05, 4.69) is 35.0 Å². The van der Waals surface area contributed by atoms with Crippen LogP contribution in [0.25, 0.3) is 27.1 Å². The molecule has 6 nitrogen and oxygen atoms in total. The molecule has 3 aromatic heterocycles. The highest BCUT2D eigenvalue weighted by Crippen LogP contribution is 2.33. The highest BCUT2D eigenvalue weighted by Gasteiger charge is 2.17. The van der Waals surface area contributed by atoms with Crippen molar-refractivity contribution in [2.45, 2.75) is 13.1 Å². The molecule has 0 aliphatic carbocycles. The molecule has 30 heavy (non-hydrogen) atoms. The molecule has 0 atom stereocenters. The number of hydrogen-bond acceptors (Lipinski definition) is 6. The zero-order valence-corrected chi connectivity index (χ0v) is 17.3. The molecule has 3 heterocycles. The number of ether oxygens (including phenoxy) is 1. The summed E-state index contributed by atoms with van der Waals surface area (Å²) in [5.74, 6) is 2.07. The average molecular weight is 416 g/mol. The van der Waals surface area contributed by atoms with E-state index in [0.717, 1.165) is 33.7 Å². The average Bonchev–Trinajstić information content (AvgIpc) is 3.38. The van der Waals surface area contributed by atoms with Crippen molar-refractivity contribution in [2.24, 2.45) is 5.73 Å². The SMILES string of the molecule is COc1cccc2nc(-n3c(CN)cc4sccc43)nc(NCc3ccccc3)c12. The van der Waals surface area contributed by atoms with Gasteiger partial charge in [0, 0.05) is 18.8 Å². The van der Waals surface area contributed by atoms with Crippen molar-refractivity contribution in [2.75, 3.05) is 12.4 Å². The molecule has 0 saturated heterocycles. The molecule has 5 aromatic rings. The van der Waals surface area contributed by atoms with E-state index < -0.39 is 0 Å². The van der Waals surface area contributed by atoms with E-state index in [4.69, 9.17) is 20.4 Å². The van der Waals surface area contributed by atoms with E-state index in [1.165, 1.54) is 10.3 Å². The molecule has 0 fully saturated rings. The third-order valence-electron chi connectivity index (χ3n) is 5.10. The molecule has 0 unspecified atom stereocenters. The smallest absolute Gasteiger partial charge is 0.237 e. The predicted octanol–water partition coefficient (Wildman–Crippen LogP) is 4.71. The predicted molar refractivity (Wildman–Crippen MR) is 122 cm³/mol. The Bertz CT molecular complexity index is 1330. The van der Waals surface area contributed by atoms with Gasteiger partial charge in [-0.15, -0.1) is 11.3 Å². The van der Waals surface area contributed by atoms with Gasteiger partial charge in [0.15, 0.2) is 0 Å². The van der Waals surface area contributed by atoms with Gasteiger partial charge in [-0.3, -0.25) is 4.57 Å². The van der Waals surface area contributed by atoms with Crippen molar-refractivity contribution in [1.82, 2.24) is 14.5 Å². The fraction of sp³-hybridized carbons (Fsp3) is 0.130. The van der Waals surface area contributed by atoms with Gasteiger partial charge in [0.1, 0.15) is 11.6 Å². The van der Waals surface area contributed by atoms with Gasteiger partial charge in [0.25, 0.3) is 0 Å². The summed E-state index contributed by atoms with van der Waals surface area (Å²) in [7, 11) is 1.66. The van der Waals surface area contributed by atoms with Crippen molar-refractivity contribution >= 4 is 38.3 Å². The summed E-state index contributed by atoms with van der Waals surface area (Å²) in [6.07, 6.45) is 0. The Labute approximate surface area is 178 Å². The van der Waals surface area contributed by atoms with Crippen LogP contribution in [0.1, 0.15) is 11.3 Å². The van der Waals surface area contributed by atoms with Gasteiger partial charge in [-0.1, -0.05) is 36.4 Å². The fourth-order valence-corrected chi connectivity index (χ4v) is 4.51. The van der Waals surface area contributed by atoms with Crippen LogP contribution < -0.4 is 15.8 Å². The van der Waals surface area contributed by atoms with Crippen LogP contribution in [0.4, 0.5) is 5.82 Å². The van der Waals surface area contributed by atoms with Crippen LogP contribution in [0.5, 0.6) is 5.75 Å². The van der Waals surface area contributed by atoms with Gasteiger partial charge in [-0.25, -0.2) is 4.98 Å². The van der Waals surface area contributed by atoms with Crippen LogP contribution >= 0.6 is 11.3 Å². The molecular formula is C23H21N5OS. The summed E-state index contributed by atoms with van der Waals surface area (Å²) >= 11 is 1.69. The molecule has 0 spiro atoms. The van der Waals surface area contributed by atoms with Crippen LogP contribution in [0, 0.1) is 0 Å². The van der Waals surface area contributed by atoms with Crippen LogP contribution in [0.15, 0.2) is 66.0 Å². The minimum absolute atomic E-state index is 0.410. The topological polar surface area (TPSA) is 78.0 Å². The van der Waals surface area contributed by atoms with Crippen molar-refractivity contribution in [3.8, 4) is 11.7 Å². The number of nitrogens with zero attached hydrogens (tertiary/aromatic N) is 3. The monoisotopic (exact) mass is 415 g/mol. The van der Waals surface area contributed by atoms with Crippen molar-refractivity contribution in [3.63, 3.8) is 0 Å². The first-order valence-electron chi connectivity index (χ1n) is 9.69. The molecule has 0 radical (unpaired) electrons. The van der Waals surface area contributed by atoms with E-state index in [9.17, 15) is 0 Å². The largest absolute Gasteiger partial charge is 0.496 e. The second-order valence-electron chi connectivity index (χ2n) is 6.91. The highest BCUT2D eigenvalue weighted by molar-refractivity contribution is 7.17. The van der Waals surface area contributed by atoms with Gasteiger partial charge in [-0.05, 0) is 35.2 Å². The highest BCUT2D eigenvalue weighted by atomic mass is 32.1. The first-order chi connectivity index (χ1) is 14.8. The van der Waals surface area contributed by atoms with Crippen LogP contribution in [0.3, 0.4) is 0 Å². The second-order valence-corrected chi connectivity index (χ2v) is 7.86. The number of aromatic nitrogens is 3. The molecule has 5 rings (SSSR count). The van der Waals surface area contributed by atoms with Crippen LogP contribution in [-0.2, 0) is 13.1 Å². The molecule has 150 valence electrons. The summed E-state index contributed by atoms with van der Waals surface area (Å²) in [6.45, 7) is 1.06. The standard InChI is InChI=1S/C23H21N5OS/c1-29-19-9-5-8-17-21(19)22(25-14-15-6-3-2-4-7-15)27-23(26-17)28-16(13-24)12-20-18(28)10-11-30-20/h2-12H,13-14,24H2,1H3,(H,25,26,27). The number of nitrogens with two attached hydrogens (primary N) is 1. The number of rotatable bonds is 6. The number of benzene rings is 2. The minimum Gasteiger partial charge on any atom is -0.496 e. The Morgan fingerprint density at radius 2 is 1.93 bits per heavy atom. The van der Waals surface area contributed by atoms with Gasteiger partial charge in [-0.2, -0.15) is 4.98 Å². The number of anilines is 1. The third-order valence-corrected chi connectivity index (χ3v) is 5.96. The minimum atomic E-state index is 0.410. The Kier molecular flexibility index (Phi) is 4.82. The summed E-state index contributed by atoms with van der Waals surface area (Å²) in [5.41, 5.74) is 10.1. The summed E-state index contributed by atoms with van der Waals surface area (Å²) in [5, 5.41) is 6.42. The van der Waals surface area contributed by atoms with Gasteiger partial charge in [0.05, 0.1) is 28.2 Å². The molecule has 3 N–H and O–H groups in total. The Balaban J connectivity index is 1.69. The van der Waals surface area contributed by atoms with Crippen LogP contribution in [-0.4, -0.2) is 21.6 Å². The Morgan fingerprint density at radius 3 is 2.73 bits per heavy atom. The van der Waals surface area contributed by atoms with Gasteiger partial charge < -0.3 is 15.8 Å². The maximum absolute atomic E-state index is 6.03. The van der Waals surface area contributed by atoms with Crippen molar-refractivity contribution in [1.29, 1.82) is 0 Å². The molecular weight excluding hydrogens is 394 g/mol. The van der Waals surface area contributed by atoms with Crippen LogP contribution in [0.2, 0.25) is 0 Å². The van der Waals surface area contributed by atoms with E-state index in [1.807, 2.05) is 41.0 Å². The molecule has 2 aromatic carbocycles. The van der Waals surface area contributed by atoms with E-state index in [0.29, 0.717) is 19.0 Å². The number of nitrogens with one attached hydrogen (secondary N) is 1. The molecule has 0 bridgehead atoms. The summed E-state index contributed by atoms with van der Waals surface area (Å²) in [4.78, 5) is 9.78. The lowest BCUT2D eigenvalue weighted by Gasteiger charge is -2.15. The summed E-state index contributed by atoms with van der Waals surface area (Å²) < 4.78 is 8.82. The zero-order chi connectivity index (χ0) is 20.5. The van der Waals surface area contributed by atoms with Crippen molar-refractivity contribution < 1.29 is 4.74 Å². The molecule has 0 aliphatic rings. The lowest BCUT2D eigenvalue weighted by atomic mass is 10.2. The number of hydrogen-bond donors (Lipinski definition) is 2. The molecule has 7 heteroatoms. The number of fused-ring (bicyclic) bond motifs is 2. The normalized spacial score (nSPS) is 11.3. The van der Waals surface area contributed by atoms with Crippen molar-refractivity contribution in [3.05, 3.63) is 77.3 Å². The molecule has 0 aliphatic heterocycles. The second kappa shape index (κ2) is 7.78. The fourth-order valence-electron chi connectivity index (χ4n) is 3.68. The first kappa shape index (κ1) is 18.6. The zero-order valence-electron chi connectivity index (χ0n) is 16.5. The maximum atomic E-state index is 6.03. The quantitative estimate of drug-likeness (QED) is 0.420. The van der Waals surface area contributed by atoms with E-state index in [-0.39, 0.29) is 0 Å². The van der Waals surface area contributed by atoms with Gasteiger partial charge >= 0.3 is 0 Å². The van der Waals surface area contributed by atoms with Gasteiger partial charge in [0.2, 0.25) is 5.95 Å². The Morgan fingerprint density at radius 1 is 1.07 bits per heavy atom. The van der Waals surface area contributed by atoms with E-state index in [1.54, 1.807) is 18.4 Å². The number of thiophene rings is 1. The lowest BCUT2D eigenvalue weighted by Crippen LogP contribution is -2.11. The molecule has 0 saturated carbocycles. The van der Waals surface area contributed by atoms with E-state index >= 15 is 0 Å². The number of methoxy groups -OCH3 is 1. The summed E-state index contributed by atoms with van der Waals surface area (Å²) in [6, 6.07) is 20.3. The molecule has 0 amide bonds. The maximum Gasteiger partial charge on any atom is 0.237 e. The third kappa shape index (κ3) is 3.18. The lowest BCUT2D eigenvalue weighted by molar-refractivity contribution is 0.419. The first-order valence-corrected chi connectivity index (χ1v) is 10.6.